The first-order valence-electron chi connectivity index (χ1n) is 21.9. The van der Waals surface area contributed by atoms with Gasteiger partial charge in [-0.1, -0.05) is 78.4 Å². The van der Waals surface area contributed by atoms with Gasteiger partial charge in [-0.05, 0) is 106 Å². The van der Waals surface area contributed by atoms with Crippen molar-refractivity contribution in [2.75, 3.05) is 26.4 Å². The minimum absolute atomic E-state index is 0.157. The fourth-order valence-corrected chi connectivity index (χ4v) is 6.86. The van der Waals surface area contributed by atoms with Crippen molar-refractivity contribution in [1.29, 1.82) is 0 Å². The van der Waals surface area contributed by atoms with Gasteiger partial charge >= 0.3 is 42.0 Å². The number of ether oxygens (including phenoxy) is 4. The van der Waals surface area contributed by atoms with Crippen molar-refractivity contribution in [3.63, 3.8) is 0 Å². The highest BCUT2D eigenvalue weighted by atomic mass is 19.4. The molecular formula is C47H65F3O12. The first-order chi connectivity index (χ1) is 29.4. The number of rotatable bonds is 30. The summed E-state index contributed by atoms with van der Waals surface area (Å²) < 4.78 is 66.9. The van der Waals surface area contributed by atoms with E-state index in [-0.39, 0.29) is 50.8 Å². The summed E-state index contributed by atoms with van der Waals surface area (Å²) in [6, 6.07) is 5.04. The summed E-state index contributed by atoms with van der Waals surface area (Å²) in [5.41, 5.74) is -6.64. The Labute approximate surface area is 363 Å². The zero-order valence-electron chi connectivity index (χ0n) is 36.9. The first kappa shape index (κ1) is 53.2. The summed E-state index contributed by atoms with van der Waals surface area (Å²) in [5, 5.41) is 19.6. The van der Waals surface area contributed by atoms with Crippen LogP contribution in [-0.4, -0.2) is 78.6 Å². The third-order valence-electron chi connectivity index (χ3n) is 11.2. The van der Waals surface area contributed by atoms with Crippen molar-refractivity contribution in [3.8, 4) is 0 Å². The number of esters is 4. The lowest BCUT2D eigenvalue weighted by atomic mass is 9.74. The standard InChI is InChI=1S/C47H65F3O12/c1-6-10-18-32(8-3)30-61-40(51)20-14-12-16-26-59-44(57)38-28-34(22-24-36(38)42(53)54)46(5,47(48,49)50)35-23-25-37(43(55)56)39(29-35)45(58)60-27-17-13-15-21-41(52)62-31-33(9-4)19-11-7-2/h22-25,28-29,32-33H,6-21,26-27,30-31H2,1-5H3,(H,53,54)(H,55,56). The van der Waals surface area contributed by atoms with E-state index in [4.69, 9.17) is 18.9 Å². The van der Waals surface area contributed by atoms with Crippen LogP contribution in [0.15, 0.2) is 36.4 Å². The van der Waals surface area contributed by atoms with Crippen molar-refractivity contribution < 1.29 is 71.1 Å². The summed E-state index contributed by atoms with van der Waals surface area (Å²) in [6.07, 6.45) is 5.56. The molecule has 346 valence electrons. The van der Waals surface area contributed by atoms with Crippen LogP contribution in [0.5, 0.6) is 0 Å². The van der Waals surface area contributed by atoms with Crippen LogP contribution in [0, 0.1) is 11.8 Å². The quantitative estimate of drug-likeness (QED) is 0.0431. The van der Waals surface area contributed by atoms with Crippen molar-refractivity contribution in [2.24, 2.45) is 11.8 Å². The molecule has 62 heavy (non-hydrogen) atoms. The van der Waals surface area contributed by atoms with Gasteiger partial charge in [-0.25, -0.2) is 19.2 Å². The minimum Gasteiger partial charge on any atom is -0.478 e. The van der Waals surface area contributed by atoms with E-state index in [2.05, 4.69) is 13.8 Å². The Bertz CT molecular complexity index is 1660. The Kier molecular flexibility index (Phi) is 23.3. The van der Waals surface area contributed by atoms with Gasteiger partial charge in [0, 0.05) is 12.8 Å². The maximum Gasteiger partial charge on any atom is 0.402 e. The average Bonchev–Trinajstić information content (AvgIpc) is 3.24. The number of alkyl halides is 3. The summed E-state index contributed by atoms with van der Waals surface area (Å²) in [7, 11) is 0. The number of halogens is 3. The molecule has 0 spiro atoms. The Hall–Kier alpha value is -4.95. The highest BCUT2D eigenvalue weighted by Crippen LogP contribution is 2.47. The lowest BCUT2D eigenvalue weighted by molar-refractivity contribution is -0.173. The molecule has 0 saturated heterocycles. The first-order valence-corrected chi connectivity index (χ1v) is 21.9. The van der Waals surface area contributed by atoms with Crippen molar-refractivity contribution >= 4 is 35.8 Å². The predicted molar refractivity (Wildman–Crippen MR) is 225 cm³/mol. The second-order valence-corrected chi connectivity index (χ2v) is 15.8. The van der Waals surface area contributed by atoms with Crippen molar-refractivity contribution in [2.45, 2.75) is 149 Å². The molecule has 0 aliphatic carbocycles. The Balaban J connectivity index is 2.15. The molecule has 0 amide bonds. The second-order valence-electron chi connectivity index (χ2n) is 15.8. The van der Waals surface area contributed by atoms with Gasteiger partial charge < -0.3 is 29.2 Å². The zero-order chi connectivity index (χ0) is 46.3. The maximum absolute atomic E-state index is 15.2. The number of carboxylic acid groups (broad SMARTS) is 2. The third kappa shape index (κ3) is 16.7. The number of hydrogen-bond acceptors (Lipinski definition) is 10. The van der Waals surface area contributed by atoms with Crippen LogP contribution in [0.3, 0.4) is 0 Å². The van der Waals surface area contributed by atoms with Crippen LogP contribution < -0.4 is 0 Å². The molecule has 0 heterocycles. The largest absolute Gasteiger partial charge is 0.478 e. The van der Waals surface area contributed by atoms with Gasteiger partial charge in [0.2, 0.25) is 0 Å². The number of unbranched alkanes of at least 4 members (excludes halogenated alkanes) is 6. The lowest BCUT2D eigenvalue weighted by Crippen LogP contribution is -2.41. The normalized spacial score (nSPS) is 13.4. The smallest absolute Gasteiger partial charge is 0.402 e. The number of hydrogen-bond donors (Lipinski definition) is 2. The van der Waals surface area contributed by atoms with E-state index in [0.717, 1.165) is 94.7 Å². The number of carbonyl (C=O) groups excluding carboxylic acids is 4. The molecule has 0 aliphatic heterocycles. The molecule has 12 nitrogen and oxygen atoms in total. The SMILES string of the molecule is CCCCC(CC)COC(=O)CCCCCOC(=O)c1cc(C(C)(c2ccc(C(=O)O)c(C(=O)OCCCCCC(=O)OCC(CC)CCCC)c2)C(F)(F)F)ccc1C(=O)O. The van der Waals surface area contributed by atoms with Crippen LogP contribution in [0.2, 0.25) is 0 Å². The second kappa shape index (κ2) is 27.2. The molecule has 0 fully saturated rings. The fraction of sp³-hybridized carbons (Fsp3) is 0.617. The van der Waals surface area contributed by atoms with Gasteiger partial charge in [0.15, 0.2) is 0 Å². The van der Waals surface area contributed by atoms with Crippen molar-refractivity contribution in [1.82, 2.24) is 0 Å². The van der Waals surface area contributed by atoms with Gasteiger partial charge in [-0.3, -0.25) is 9.59 Å². The van der Waals surface area contributed by atoms with E-state index >= 15 is 13.2 Å². The van der Waals surface area contributed by atoms with Gasteiger partial charge in [0.25, 0.3) is 0 Å². The van der Waals surface area contributed by atoms with E-state index < -0.39 is 68.8 Å². The molecule has 2 unspecified atom stereocenters. The van der Waals surface area contributed by atoms with E-state index in [1.165, 1.54) is 0 Å². The van der Waals surface area contributed by atoms with Crippen LogP contribution in [-0.2, 0) is 34.0 Å². The minimum atomic E-state index is -5.12. The Morgan fingerprint density at radius 2 is 0.935 bits per heavy atom. The summed E-state index contributed by atoms with van der Waals surface area (Å²) in [4.78, 5) is 74.9. The maximum atomic E-state index is 15.2. The number of carbonyl (C=O) groups is 6. The van der Waals surface area contributed by atoms with Gasteiger partial charge in [-0.15, -0.1) is 0 Å². The number of aromatic carboxylic acids is 2. The molecule has 0 saturated carbocycles. The van der Waals surface area contributed by atoms with Crippen molar-refractivity contribution in [3.05, 3.63) is 69.8 Å². The molecule has 0 radical (unpaired) electrons. The summed E-state index contributed by atoms with van der Waals surface area (Å²) >= 11 is 0. The fourth-order valence-electron chi connectivity index (χ4n) is 6.86. The van der Waals surface area contributed by atoms with E-state index in [0.29, 0.717) is 50.7 Å². The topological polar surface area (TPSA) is 180 Å². The van der Waals surface area contributed by atoms with E-state index in [9.17, 15) is 39.0 Å². The third-order valence-corrected chi connectivity index (χ3v) is 11.2. The van der Waals surface area contributed by atoms with Crippen LogP contribution in [0.25, 0.3) is 0 Å². The predicted octanol–water partition coefficient (Wildman–Crippen LogP) is 10.9. The van der Waals surface area contributed by atoms with Gasteiger partial charge in [-0.2, -0.15) is 13.2 Å². The molecular weight excluding hydrogens is 813 g/mol. The summed E-state index contributed by atoms with van der Waals surface area (Å²) in [6.45, 7) is 9.36. The van der Waals surface area contributed by atoms with Crippen LogP contribution >= 0.6 is 0 Å². The number of carboxylic acids is 2. The van der Waals surface area contributed by atoms with Gasteiger partial charge in [0.05, 0.1) is 48.7 Å². The van der Waals surface area contributed by atoms with Gasteiger partial charge in [0.1, 0.15) is 5.41 Å². The Morgan fingerprint density at radius 3 is 1.26 bits per heavy atom. The molecule has 2 N–H and O–H groups in total. The number of benzene rings is 2. The highest BCUT2D eigenvalue weighted by molar-refractivity contribution is 6.03. The van der Waals surface area contributed by atoms with E-state index in [1.54, 1.807) is 0 Å². The molecule has 0 bridgehead atoms. The summed E-state index contributed by atoms with van der Waals surface area (Å²) in [5.74, 6) is -5.61. The Morgan fingerprint density at radius 1 is 0.548 bits per heavy atom. The molecule has 2 aromatic rings. The van der Waals surface area contributed by atoms with Crippen LogP contribution in [0.4, 0.5) is 13.2 Å². The molecule has 0 aromatic heterocycles. The monoisotopic (exact) mass is 878 g/mol. The molecule has 2 atom stereocenters. The molecule has 15 heteroatoms. The zero-order valence-corrected chi connectivity index (χ0v) is 36.9. The molecule has 2 aromatic carbocycles. The van der Waals surface area contributed by atoms with E-state index in [1.807, 2.05) is 13.8 Å². The average molecular weight is 879 g/mol. The highest BCUT2D eigenvalue weighted by Gasteiger charge is 2.54. The molecule has 0 aliphatic rings. The van der Waals surface area contributed by atoms with Crippen LogP contribution in [0.1, 0.15) is 190 Å². The lowest BCUT2D eigenvalue weighted by Gasteiger charge is -2.34. The molecule has 2 rings (SSSR count).